The van der Waals surface area contributed by atoms with Gasteiger partial charge in [-0.15, -0.1) is 0 Å². The van der Waals surface area contributed by atoms with E-state index >= 15 is 0 Å². The largest absolute Gasteiger partial charge is 0.483 e. The third-order valence-electron chi connectivity index (χ3n) is 5.18. The van der Waals surface area contributed by atoms with Gasteiger partial charge < -0.3 is 14.2 Å². The van der Waals surface area contributed by atoms with Crippen molar-refractivity contribution >= 4 is 21.8 Å². The molecule has 7 heteroatoms. The van der Waals surface area contributed by atoms with E-state index < -0.39 is 0 Å². The minimum absolute atomic E-state index is 0.0345. The molecule has 3 rings (SSSR count). The summed E-state index contributed by atoms with van der Waals surface area (Å²) in [4.78, 5) is 19.0. The molecule has 6 nitrogen and oxygen atoms in total. The van der Waals surface area contributed by atoms with E-state index in [9.17, 15) is 4.79 Å². The molecule has 170 valence electrons. The molecular formula is C25H30BrN3O3. The van der Waals surface area contributed by atoms with Gasteiger partial charge in [-0.1, -0.05) is 61.8 Å². The quantitative estimate of drug-likeness (QED) is 0.403. The van der Waals surface area contributed by atoms with E-state index in [0.717, 1.165) is 15.6 Å². The van der Waals surface area contributed by atoms with E-state index in [1.807, 2.05) is 63.2 Å². The van der Waals surface area contributed by atoms with Gasteiger partial charge in [0.25, 0.3) is 5.91 Å². The van der Waals surface area contributed by atoms with Crippen LogP contribution in [0.2, 0.25) is 0 Å². The molecule has 3 aromatic rings. The van der Waals surface area contributed by atoms with Gasteiger partial charge in [0.1, 0.15) is 12.3 Å². The average molecular weight is 500 g/mol. The fraction of sp³-hybridized carbons (Fsp3) is 0.400. The van der Waals surface area contributed by atoms with Gasteiger partial charge in [-0.2, -0.15) is 4.98 Å². The monoisotopic (exact) mass is 499 g/mol. The van der Waals surface area contributed by atoms with Crippen molar-refractivity contribution in [3.8, 4) is 17.1 Å². The molecule has 0 bridgehead atoms. The summed E-state index contributed by atoms with van der Waals surface area (Å²) in [5.74, 6) is 1.38. The van der Waals surface area contributed by atoms with Crippen LogP contribution in [0.1, 0.15) is 51.6 Å². The van der Waals surface area contributed by atoms with Gasteiger partial charge in [-0.3, -0.25) is 4.79 Å². The molecule has 32 heavy (non-hydrogen) atoms. The van der Waals surface area contributed by atoms with E-state index in [1.54, 1.807) is 4.90 Å². The summed E-state index contributed by atoms with van der Waals surface area (Å²) in [5, 5.41) is 4.06. The summed E-state index contributed by atoms with van der Waals surface area (Å²) in [6.07, 6.45) is 0. The highest BCUT2D eigenvalue weighted by molar-refractivity contribution is 9.10. The summed E-state index contributed by atoms with van der Waals surface area (Å²) in [6.45, 7) is 12.5. The molecule has 0 saturated carbocycles. The summed E-state index contributed by atoms with van der Waals surface area (Å²) >= 11 is 3.56. The Morgan fingerprint density at radius 1 is 1.16 bits per heavy atom. The number of aromatic nitrogens is 2. The number of aryl methyl sites for hydroxylation is 1. The molecule has 1 amide bonds. The Balaban J connectivity index is 1.66. The maximum absolute atomic E-state index is 12.9. The summed E-state index contributed by atoms with van der Waals surface area (Å²) in [5.41, 5.74) is 3.26. The molecule has 0 aliphatic rings. The molecule has 0 unspecified atom stereocenters. The molecule has 0 saturated heterocycles. The minimum atomic E-state index is -0.151. The van der Waals surface area contributed by atoms with E-state index in [-0.39, 0.29) is 30.5 Å². The molecular weight excluding hydrogens is 470 g/mol. The lowest BCUT2D eigenvalue weighted by atomic mass is 9.87. The van der Waals surface area contributed by atoms with Gasteiger partial charge in [0.2, 0.25) is 11.7 Å². The van der Waals surface area contributed by atoms with Crippen molar-refractivity contribution in [2.75, 3.05) is 6.61 Å². The van der Waals surface area contributed by atoms with Crippen molar-refractivity contribution < 1.29 is 14.1 Å². The highest BCUT2D eigenvalue weighted by Crippen LogP contribution is 2.31. The lowest BCUT2D eigenvalue weighted by molar-refractivity contribution is -0.136. The first-order valence-electron chi connectivity index (χ1n) is 10.7. The first-order valence-corrected chi connectivity index (χ1v) is 11.5. The number of hydrogen-bond acceptors (Lipinski definition) is 5. The van der Waals surface area contributed by atoms with Crippen molar-refractivity contribution in [2.45, 2.75) is 59.5 Å². The van der Waals surface area contributed by atoms with Crippen molar-refractivity contribution in [1.82, 2.24) is 15.0 Å². The zero-order valence-corrected chi connectivity index (χ0v) is 21.1. The number of carbonyl (C=O) groups is 1. The van der Waals surface area contributed by atoms with Gasteiger partial charge in [0, 0.05) is 11.6 Å². The average Bonchev–Trinajstić information content (AvgIpc) is 3.19. The van der Waals surface area contributed by atoms with Crippen LogP contribution in [0.5, 0.6) is 5.75 Å². The van der Waals surface area contributed by atoms with Crippen LogP contribution >= 0.6 is 15.9 Å². The van der Waals surface area contributed by atoms with Crippen molar-refractivity contribution in [1.29, 1.82) is 0 Å². The number of benzene rings is 2. The molecule has 1 heterocycles. The van der Waals surface area contributed by atoms with Crippen molar-refractivity contribution in [3.63, 3.8) is 0 Å². The van der Waals surface area contributed by atoms with Crippen LogP contribution in [-0.2, 0) is 16.8 Å². The van der Waals surface area contributed by atoms with Gasteiger partial charge in [0.15, 0.2) is 6.61 Å². The highest BCUT2D eigenvalue weighted by Gasteiger charge is 2.22. The number of nitrogens with zero attached hydrogens (tertiary/aromatic N) is 3. The van der Waals surface area contributed by atoms with E-state index in [1.165, 1.54) is 5.56 Å². The van der Waals surface area contributed by atoms with Crippen LogP contribution < -0.4 is 4.74 Å². The van der Waals surface area contributed by atoms with Crippen LogP contribution in [-0.4, -0.2) is 33.6 Å². The van der Waals surface area contributed by atoms with Gasteiger partial charge in [0.05, 0.1) is 4.47 Å². The molecule has 0 radical (unpaired) electrons. The molecule has 2 aromatic carbocycles. The Bertz CT molecular complexity index is 1070. The fourth-order valence-corrected chi connectivity index (χ4v) is 3.64. The molecule has 0 atom stereocenters. The van der Waals surface area contributed by atoms with E-state index in [4.69, 9.17) is 9.26 Å². The fourth-order valence-electron chi connectivity index (χ4n) is 3.15. The molecule has 0 fully saturated rings. The van der Waals surface area contributed by atoms with Crippen LogP contribution in [0, 0.1) is 6.92 Å². The molecule has 1 aromatic heterocycles. The van der Waals surface area contributed by atoms with Crippen molar-refractivity contribution in [3.05, 3.63) is 64.0 Å². The number of carbonyl (C=O) groups excluding carboxylic acids is 1. The third-order valence-corrected chi connectivity index (χ3v) is 5.80. The Labute approximate surface area is 198 Å². The second kappa shape index (κ2) is 9.86. The maximum atomic E-state index is 12.9. The maximum Gasteiger partial charge on any atom is 0.261 e. The van der Waals surface area contributed by atoms with Gasteiger partial charge in [-0.25, -0.2) is 0 Å². The van der Waals surface area contributed by atoms with Gasteiger partial charge in [-0.05, 0) is 59.8 Å². The van der Waals surface area contributed by atoms with Crippen molar-refractivity contribution in [2.24, 2.45) is 0 Å². The lowest BCUT2D eigenvalue weighted by Gasteiger charge is -2.25. The Morgan fingerprint density at radius 2 is 1.84 bits per heavy atom. The Kier molecular flexibility index (Phi) is 7.39. The van der Waals surface area contributed by atoms with E-state index in [2.05, 4.69) is 46.8 Å². The minimum Gasteiger partial charge on any atom is -0.483 e. The van der Waals surface area contributed by atoms with Crippen LogP contribution in [0.3, 0.4) is 0 Å². The lowest BCUT2D eigenvalue weighted by Crippen LogP contribution is -2.39. The van der Waals surface area contributed by atoms with E-state index in [0.29, 0.717) is 17.5 Å². The smallest absolute Gasteiger partial charge is 0.261 e. The van der Waals surface area contributed by atoms with Gasteiger partial charge >= 0.3 is 0 Å². The Morgan fingerprint density at radius 3 is 2.44 bits per heavy atom. The summed E-state index contributed by atoms with van der Waals surface area (Å²) < 4.78 is 12.0. The number of halogens is 1. The molecule has 0 spiro atoms. The zero-order valence-electron chi connectivity index (χ0n) is 19.5. The predicted octanol–water partition coefficient (Wildman–Crippen LogP) is 5.92. The first-order chi connectivity index (χ1) is 15.0. The zero-order chi connectivity index (χ0) is 23.5. The summed E-state index contributed by atoms with van der Waals surface area (Å²) in [6, 6.07) is 13.8. The highest BCUT2D eigenvalue weighted by atomic mass is 79.9. The van der Waals surface area contributed by atoms with Crippen LogP contribution in [0.25, 0.3) is 11.4 Å². The number of ether oxygens (including phenoxy) is 1. The number of hydrogen-bond donors (Lipinski definition) is 0. The number of amides is 1. The number of rotatable bonds is 7. The first kappa shape index (κ1) is 24.0. The second-order valence-electron chi connectivity index (χ2n) is 9.18. The normalized spacial score (nSPS) is 11.6. The van der Waals surface area contributed by atoms with Crippen LogP contribution in [0.4, 0.5) is 0 Å². The topological polar surface area (TPSA) is 68.5 Å². The summed E-state index contributed by atoms with van der Waals surface area (Å²) in [7, 11) is 0. The standard InChI is InChI=1S/C25H30BrN3O3/c1-16(2)29(14-22-27-24(28-32-22)18-9-7-17(3)8-10-18)23(30)15-31-21-12-11-19(13-20(21)26)25(4,5)6/h7-13,16H,14-15H2,1-6H3. The molecule has 0 aliphatic heterocycles. The third kappa shape index (κ3) is 5.97. The van der Waals surface area contributed by atoms with Crippen LogP contribution in [0.15, 0.2) is 51.5 Å². The SMILES string of the molecule is Cc1ccc(-c2noc(CN(C(=O)COc3ccc(C(C)(C)C)cc3Br)C(C)C)n2)cc1. The molecule has 0 aliphatic carbocycles. The molecule has 0 N–H and O–H groups in total. The Hall–Kier alpha value is -2.67. The predicted molar refractivity (Wildman–Crippen MR) is 128 cm³/mol. The second-order valence-corrected chi connectivity index (χ2v) is 10.0.